The second-order valence-electron chi connectivity index (χ2n) is 6.26. The number of benzene rings is 1. The molecule has 2 atom stereocenters. The van der Waals surface area contributed by atoms with E-state index in [1.54, 1.807) is 7.11 Å². The third-order valence-electron chi connectivity index (χ3n) is 4.80. The lowest BCUT2D eigenvalue weighted by atomic mass is 9.91. The number of hydrogen-bond acceptors (Lipinski definition) is 3. The smallest absolute Gasteiger partial charge is 0.123 e. The van der Waals surface area contributed by atoms with Crippen molar-refractivity contribution in [3.05, 3.63) is 29.3 Å². The summed E-state index contributed by atoms with van der Waals surface area (Å²) in [5.74, 6) is 1.80. The minimum absolute atomic E-state index is 0.654. The van der Waals surface area contributed by atoms with Crippen LogP contribution in [0.4, 0.5) is 0 Å². The van der Waals surface area contributed by atoms with E-state index in [4.69, 9.17) is 4.74 Å². The average Bonchev–Trinajstić information content (AvgIpc) is 2.50. The van der Waals surface area contributed by atoms with Gasteiger partial charge >= 0.3 is 0 Å². The lowest BCUT2D eigenvalue weighted by Crippen LogP contribution is -2.41. The number of nitrogens with zero attached hydrogens (tertiary/aromatic N) is 1. The first kappa shape index (κ1) is 16.3. The molecular weight excluding hydrogens is 260 g/mol. The van der Waals surface area contributed by atoms with Gasteiger partial charge in [0.1, 0.15) is 5.75 Å². The molecule has 0 saturated carbocycles. The first-order valence-electron chi connectivity index (χ1n) is 8.26. The van der Waals surface area contributed by atoms with Crippen molar-refractivity contribution in [1.82, 2.24) is 10.2 Å². The zero-order chi connectivity index (χ0) is 15.2. The minimum Gasteiger partial charge on any atom is -0.496 e. The lowest BCUT2D eigenvalue weighted by molar-refractivity contribution is 0.105. The van der Waals surface area contributed by atoms with Crippen LogP contribution in [0.15, 0.2) is 18.2 Å². The number of hydrogen-bond donors (Lipinski definition) is 1. The van der Waals surface area contributed by atoms with Gasteiger partial charge in [-0.3, -0.25) is 4.90 Å². The number of methoxy groups -OCH3 is 1. The molecule has 0 aliphatic carbocycles. The molecule has 1 heterocycles. The number of ether oxygens (including phenoxy) is 1. The highest BCUT2D eigenvalue weighted by Crippen LogP contribution is 2.28. The van der Waals surface area contributed by atoms with E-state index in [0.29, 0.717) is 6.04 Å². The van der Waals surface area contributed by atoms with Gasteiger partial charge in [-0.05, 0) is 56.5 Å². The maximum Gasteiger partial charge on any atom is 0.123 e. The molecule has 0 spiro atoms. The quantitative estimate of drug-likeness (QED) is 0.869. The number of rotatable bonds is 6. The Kier molecular flexibility index (Phi) is 6.07. The van der Waals surface area contributed by atoms with E-state index in [0.717, 1.165) is 31.3 Å². The molecule has 1 aromatic carbocycles. The van der Waals surface area contributed by atoms with Gasteiger partial charge < -0.3 is 10.1 Å². The van der Waals surface area contributed by atoms with Crippen LogP contribution in [-0.2, 0) is 13.1 Å². The highest BCUT2D eigenvalue weighted by Gasteiger charge is 2.25. The normalized spacial score (nSPS) is 23.2. The van der Waals surface area contributed by atoms with Gasteiger partial charge in [-0.15, -0.1) is 0 Å². The summed E-state index contributed by atoms with van der Waals surface area (Å²) in [6.45, 7) is 11.0. The van der Waals surface area contributed by atoms with Crippen molar-refractivity contribution in [3.63, 3.8) is 0 Å². The number of likely N-dealkylation sites (tertiary alicyclic amines) is 1. The third-order valence-corrected chi connectivity index (χ3v) is 4.80. The Morgan fingerprint density at radius 2 is 2.14 bits per heavy atom. The van der Waals surface area contributed by atoms with Crippen molar-refractivity contribution in [1.29, 1.82) is 0 Å². The molecule has 1 aliphatic rings. The summed E-state index contributed by atoms with van der Waals surface area (Å²) >= 11 is 0. The summed E-state index contributed by atoms with van der Waals surface area (Å²) < 4.78 is 5.56. The van der Waals surface area contributed by atoms with Crippen LogP contribution in [0.2, 0.25) is 0 Å². The molecular formula is C18H30N2O. The van der Waals surface area contributed by atoms with Crippen LogP contribution in [-0.4, -0.2) is 31.1 Å². The summed E-state index contributed by atoms with van der Waals surface area (Å²) in [4.78, 5) is 2.60. The van der Waals surface area contributed by atoms with E-state index in [2.05, 4.69) is 49.2 Å². The van der Waals surface area contributed by atoms with Crippen molar-refractivity contribution in [2.45, 2.75) is 52.7 Å². The summed E-state index contributed by atoms with van der Waals surface area (Å²) in [6, 6.07) is 7.22. The fraction of sp³-hybridized carbons (Fsp3) is 0.667. The van der Waals surface area contributed by atoms with Crippen LogP contribution >= 0.6 is 0 Å². The third kappa shape index (κ3) is 4.21. The minimum atomic E-state index is 0.654. The van der Waals surface area contributed by atoms with E-state index >= 15 is 0 Å². The molecule has 21 heavy (non-hydrogen) atoms. The fourth-order valence-electron chi connectivity index (χ4n) is 3.20. The van der Waals surface area contributed by atoms with Gasteiger partial charge in [0.2, 0.25) is 0 Å². The second kappa shape index (κ2) is 7.81. The van der Waals surface area contributed by atoms with Crippen molar-refractivity contribution < 1.29 is 4.74 Å². The molecule has 2 unspecified atom stereocenters. The molecule has 1 N–H and O–H groups in total. The summed E-state index contributed by atoms with van der Waals surface area (Å²) in [5, 5.41) is 3.39. The predicted molar refractivity (Wildman–Crippen MR) is 88.6 cm³/mol. The zero-order valence-electron chi connectivity index (χ0n) is 14.0. The lowest BCUT2D eigenvalue weighted by Gasteiger charge is -2.38. The molecule has 1 fully saturated rings. The zero-order valence-corrected chi connectivity index (χ0v) is 14.0. The molecule has 118 valence electrons. The van der Waals surface area contributed by atoms with E-state index < -0.39 is 0 Å². The van der Waals surface area contributed by atoms with Crippen LogP contribution in [0, 0.1) is 5.92 Å². The van der Waals surface area contributed by atoms with E-state index in [9.17, 15) is 0 Å². The predicted octanol–water partition coefficient (Wildman–Crippen LogP) is 3.43. The maximum absolute atomic E-state index is 5.56. The topological polar surface area (TPSA) is 24.5 Å². The standard InChI is InChI=1S/C18H30N2O/c1-5-19-12-16-8-9-18(21-4)17(11-16)13-20-10-6-7-14(2)15(20)3/h8-9,11,14-15,19H,5-7,10,12-13H2,1-4H3. The SMILES string of the molecule is CCNCc1ccc(OC)c(CN2CCCC(C)C2C)c1. The average molecular weight is 290 g/mol. The largest absolute Gasteiger partial charge is 0.496 e. The van der Waals surface area contributed by atoms with Gasteiger partial charge in [-0.25, -0.2) is 0 Å². The Labute approximate surface area is 129 Å². The van der Waals surface area contributed by atoms with Gasteiger partial charge in [0.15, 0.2) is 0 Å². The number of nitrogens with one attached hydrogen (secondary N) is 1. The molecule has 2 rings (SSSR count). The second-order valence-corrected chi connectivity index (χ2v) is 6.26. The molecule has 1 aliphatic heterocycles. The molecule has 1 saturated heterocycles. The Balaban J connectivity index is 2.12. The molecule has 1 aromatic rings. The van der Waals surface area contributed by atoms with Gasteiger partial charge in [0.25, 0.3) is 0 Å². The Morgan fingerprint density at radius 3 is 2.86 bits per heavy atom. The molecule has 0 amide bonds. The fourth-order valence-corrected chi connectivity index (χ4v) is 3.20. The van der Waals surface area contributed by atoms with Gasteiger partial charge in [0.05, 0.1) is 7.11 Å². The van der Waals surface area contributed by atoms with Crippen LogP contribution in [0.5, 0.6) is 5.75 Å². The summed E-state index contributed by atoms with van der Waals surface area (Å²) in [7, 11) is 1.77. The van der Waals surface area contributed by atoms with Gasteiger partial charge in [0, 0.05) is 24.7 Å². The van der Waals surface area contributed by atoms with Crippen LogP contribution in [0.3, 0.4) is 0 Å². The molecule has 0 radical (unpaired) electrons. The van der Waals surface area contributed by atoms with Crippen LogP contribution in [0.25, 0.3) is 0 Å². The van der Waals surface area contributed by atoms with Crippen molar-refractivity contribution in [3.8, 4) is 5.75 Å². The van der Waals surface area contributed by atoms with E-state index in [1.165, 1.54) is 30.5 Å². The van der Waals surface area contributed by atoms with Crippen molar-refractivity contribution in [2.24, 2.45) is 5.92 Å². The molecule has 0 aromatic heterocycles. The summed E-state index contributed by atoms with van der Waals surface area (Å²) in [5.41, 5.74) is 2.65. The Hall–Kier alpha value is -1.06. The maximum atomic E-state index is 5.56. The highest BCUT2D eigenvalue weighted by atomic mass is 16.5. The molecule has 0 bridgehead atoms. The van der Waals surface area contributed by atoms with Gasteiger partial charge in [-0.1, -0.05) is 19.9 Å². The summed E-state index contributed by atoms with van der Waals surface area (Å²) in [6.07, 6.45) is 2.67. The van der Waals surface area contributed by atoms with Crippen LogP contribution in [0.1, 0.15) is 44.7 Å². The van der Waals surface area contributed by atoms with E-state index in [-0.39, 0.29) is 0 Å². The van der Waals surface area contributed by atoms with E-state index in [1.807, 2.05) is 0 Å². The van der Waals surface area contributed by atoms with Crippen LogP contribution < -0.4 is 10.1 Å². The molecule has 3 heteroatoms. The number of piperidine rings is 1. The van der Waals surface area contributed by atoms with Crippen molar-refractivity contribution in [2.75, 3.05) is 20.2 Å². The first-order chi connectivity index (χ1) is 10.2. The highest BCUT2D eigenvalue weighted by molar-refractivity contribution is 5.37. The monoisotopic (exact) mass is 290 g/mol. The van der Waals surface area contributed by atoms with Crippen molar-refractivity contribution >= 4 is 0 Å². The molecule has 3 nitrogen and oxygen atoms in total. The van der Waals surface area contributed by atoms with Gasteiger partial charge in [-0.2, -0.15) is 0 Å². The Bertz CT molecular complexity index is 447. The first-order valence-corrected chi connectivity index (χ1v) is 8.26. The Morgan fingerprint density at radius 1 is 1.33 bits per heavy atom.